The summed E-state index contributed by atoms with van der Waals surface area (Å²) in [5.74, 6) is -0.548. The van der Waals surface area contributed by atoms with Crippen LogP contribution in [0.25, 0.3) is 6.01 Å². The number of hydrogen-bond donors (Lipinski definition) is 0. The SMILES string of the molecule is CCOC(=O)c1coc(-n2cccc2C#N)n1. The smallest absolute Gasteiger partial charge is 0.360 e. The van der Waals surface area contributed by atoms with Crippen LogP contribution in [-0.2, 0) is 4.74 Å². The highest BCUT2D eigenvalue weighted by Crippen LogP contribution is 2.12. The zero-order chi connectivity index (χ0) is 12.3. The van der Waals surface area contributed by atoms with Crippen LogP contribution in [0, 0.1) is 11.3 Å². The summed E-state index contributed by atoms with van der Waals surface area (Å²) in [7, 11) is 0. The van der Waals surface area contributed by atoms with Crippen LogP contribution in [0.5, 0.6) is 0 Å². The summed E-state index contributed by atoms with van der Waals surface area (Å²) in [4.78, 5) is 15.3. The molecule has 17 heavy (non-hydrogen) atoms. The molecule has 0 unspecified atom stereocenters. The Balaban J connectivity index is 2.31. The Morgan fingerprint density at radius 3 is 3.24 bits per heavy atom. The Morgan fingerprint density at radius 2 is 2.53 bits per heavy atom. The number of hydrogen-bond acceptors (Lipinski definition) is 5. The number of nitriles is 1. The molecule has 0 amide bonds. The maximum absolute atomic E-state index is 11.4. The first kappa shape index (κ1) is 11.0. The molecule has 2 aromatic rings. The van der Waals surface area contributed by atoms with Gasteiger partial charge in [-0.05, 0) is 19.1 Å². The summed E-state index contributed by atoms with van der Waals surface area (Å²) in [5.41, 5.74) is 0.460. The van der Waals surface area contributed by atoms with Crippen LogP contribution in [-0.4, -0.2) is 22.1 Å². The largest absolute Gasteiger partial charge is 0.461 e. The number of ether oxygens (including phenoxy) is 1. The predicted octanol–water partition coefficient (Wildman–Crippen LogP) is 1.51. The minimum Gasteiger partial charge on any atom is -0.461 e. The van der Waals surface area contributed by atoms with Crippen LogP contribution in [0.3, 0.4) is 0 Å². The van der Waals surface area contributed by atoms with Gasteiger partial charge >= 0.3 is 12.0 Å². The molecule has 2 aromatic heterocycles. The summed E-state index contributed by atoms with van der Waals surface area (Å²) in [6, 6.07) is 5.45. The molecule has 0 bridgehead atoms. The van der Waals surface area contributed by atoms with Gasteiger partial charge in [0, 0.05) is 6.20 Å². The second-order valence-corrected chi connectivity index (χ2v) is 3.11. The Morgan fingerprint density at radius 1 is 1.71 bits per heavy atom. The van der Waals surface area contributed by atoms with E-state index in [1.807, 2.05) is 6.07 Å². The molecule has 0 aliphatic carbocycles. The van der Waals surface area contributed by atoms with Crippen LogP contribution >= 0.6 is 0 Å². The summed E-state index contributed by atoms with van der Waals surface area (Å²) in [6.45, 7) is 1.98. The molecule has 0 atom stereocenters. The van der Waals surface area contributed by atoms with Crippen molar-refractivity contribution in [2.75, 3.05) is 6.61 Å². The van der Waals surface area contributed by atoms with Crippen LogP contribution in [0.4, 0.5) is 0 Å². The van der Waals surface area contributed by atoms with Gasteiger partial charge in [-0.15, -0.1) is 0 Å². The lowest BCUT2D eigenvalue weighted by Gasteiger charge is -1.96. The first-order chi connectivity index (χ1) is 8.26. The highest BCUT2D eigenvalue weighted by Gasteiger charge is 2.15. The number of esters is 1. The van der Waals surface area contributed by atoms with E-state index in [0.717, 1.165) is 0 Å². The molecule has 0 aliphatic heterocycles. The standard InChI is InChI=1S/C11H9N3O3/c1-2-16-10(15)9-7-17-11(13-9)14-5-3-4-8(14)6-12/h3-5,7H,2H2,1H3. The van der Waals surface area contributed by atoms with Crippen molar-refractivity contribution in [2.45, 2.75) is 6.92 Å². The third-order valence-corrected chi connectivity index (χ3v) is 2.05. The Kier molecular flexibility index (Phi) is 2.92. The number of nitrogens with zero attached hydrogens (tertiary/aromatic N) is 3. The molecular formula is C11H9N3O3. The van der Waals surface area contributed by atoms with Gasteiger partial charge in [-0.1, -0.05) is 0 Å². The lowest BCUT2D eigenvalue weighted by Crippen LogP contribution is -2.05. The van der Waals surface area contributed by atoms with Gasteiger partial charge < -0.3 is 9.15 Å². The molecule has 6 heteroatoms. The van der Waals surface area contributed by atoms with Gasteiger partial charge in [0.05, 0.1) is 6.61 Å². The third kappa shape index (κ3) is 2.03. The fourth-order valence-electron chi connectivity index (χ4n) is 1.31. The fraction of sp³-hybridized carbons (Fsp3) is 0.182. The quantitative estimate of drug-likeness (QED) is 0.748. The first-order valence-corrected chi connectivity index (χ1v) is 4.96. The summed E-state index contributed by atoms with van der Waals surface area (Å²) in [6.07, 6.45) is 2.83. The van der Waals surface area contributed by atoms with Crippen molar-refractivity contribution >= 4 is 5.97 Å². The normalized spacial score (nSPS) is 9.88. The van der Waals surface area contributed by atoms with E-state index < -0.39 is 5.97 Å². The molecule has 0 saturated heterocycles. The monoisotopic (exact) mass is 231 g/mol. The van der Waals surface area contributed by atoms with E-state index in [-0.39, 0.29) is 18.3 Å². The summed E-state index contributed by atoms with van der Waals surface area (Å²) in [5, 5.41) is 8.84. The minimum absolute atomic E-state index is 0.0828. The molecule has 2 rings (SSSR count). The van der Waals surface area contributed by atoms with Gasteiger partial charge in [0.25, 0.3) is 0 Å². The van der Waals surface area contributed by atoms with Gasteiger partial charge in [0.1, 0.15) is 18.0 Å². The Bertz CT molecular complexity index is 577. The fourth-order valence-corrected chi connectivity index (χ4v) is 1.31. The van der Waals surface area contributed by atoms with Gasteiger partial charge in [-0.25, -0.2) is 4.79 Å². The molecule has 86 valence electrons. The number of carbonyl (C=O) groups excluding carboxylic acids is 1. The zero-order valence-corrected chi connectivity index (χ0v) is 9.08. The molecule has 0 saturated carbocycles. The highest BCUT2D eigenvalue weighted by molar-refractivity contribution is 5.86. The summed E-state index contributed by atoms with van der Waals surface area (Å²) < 4.78 is 11.3. The van der Waals surface area contributed by atoms with E-state index in [1.165, 1.54) is 10.8 Å². The predicted molar refractivity (Wildman–Crippen MR) is 56.5 cm³/mol. The van der Waals surface area contributed by atoms with Gasteiger partial charge in [0.15, 0.2) is 5.69 Å². The van der Waals surface area contributed by atoms with Crippen LogP contribution in [0.15, 0.2) is 29.0 Å². The second kappa shape index (κ2) is 4.53. The molecule has 0 spiro atoms. The Hall–Kier alpha value is -2.55. The van der Waals surface area contributed by atoms with E-state index in [4.69, 9.17) is 14.4 Å². The average molecular weight is 231 g/mol. The van der Waals surface area contributed by atoms with Gasteiger partial charge in [0.2, 0.25) is 0 Å². The van der Waals surface area contributed by atoms with Gasteiger partial charge in [-0.2, -0.15) is 10.2 Å². The van der Waals surface area contributed by atoms with E-state index in [1.54, 1.807) is 25.3 Å². The number of aromatic nitrogens is 2. The second-order valence-electron chi connectivity index (χ2n) is 3.11. The van der Waals surface area contributed by atoms with Crippen molar-refractivity contribution < 1.29 is 13.9 Å². The topological polar surface area (TPSA) is 81.0 Å². The van der Waals surface area contributed by atoms with Crippen molar-refractivity contribution in [1.29, 1.82) is 5.26 Å². The van der Waals surface area contributed by atoms with Crippen molar-refractivity contribution in [3.05, 3.63) is 36.0 Å². The van der Waals surface area contributed by atoms with Crippen LogP contribution in [0.2, 0.25) is 0 Å². The van der Waals surface area contributed by atoms with Crippen molar-refractivity contribution in [2.24, 2.45) is 0 Å². The lowest BCUT2D eigenvalue weighted by molar-refractivity contribution is 0.0519. The molecule has 0 N–H and O–H groups in total. The molecule has 0 radical (unpaired) electrons. The number of carbonyl (C=O) groups is 1. The van der Waals surface area contributed by atoms with Crippen LogP contribution < -0.4 is 0 Å². The highest BCUT2D eigenvalue weighted by atomic mass is 16.5. The molecule has 0 fully saturated rings. The number of rotatable bonds is 3. The molecule has 2 heterocycles. The third-order valence-electron chi connectivity index (χ3n) is 2.05. The molecule has 0 aliphatic rings. The van der Waals surface area contributed by atoms with Gasteiger partial charge in [-0.3, -0.25) is 4.57 Å². The maximum atomic E-state index is 11.4. The average Bonchev–Trinajstić information content (AvgIpc) is 2.97. The van der Waals surface area contributed by atoms with Crippen molar-refractivity contribution in [3.8, 4) is 12.1 Å². The number of oxazole rings is 1. The maximum Gasteiger partial charge on any atom is 0.360 e. The van der Waals surface area contributed by atoms with E-state index >= 15 is 0 Å². The van der Waals surface area contributed by atoms with Crippen molar-refractivity contribution in [3.63, 3.8) is 0 Å². The van der Waals surface area contributed by atoms with E-state index in [2.05, 4.69) is 4.98 Å². The van der Waals surface area contributed by atoms with Crippen LogP contribution in [0.1, 0.15) is 23.1 Å². The molecular weight excluding hydrogens is 222 g/mol. The molecule has 0 aromatic carbocycles. The lowest BCUT2D eigenvalue weighted by atomic mass is 10.5. The Labute approximate surface area is 97.0 Å². The minimum atomic E-state index is -0.548. The summed E-state index contributed by atoms with van der Waals surface area (Å²) >= 11 is 0. The first-order valence-electron chi connectivity index (χ1n) is 4.96. The van der Waals surface area contributed by atoms with Crippen molar-refractivity contribution in [1.82, 2.24) is 9.55 Å². The van der Waals surface area contributed by atoms with E-state index in [9.17, 15) is 4.79 Å². The molecule has 6 nitrogen and oxygen atoms in total. The zero-order valence-electron chi connectivity index (χ0n) is 9.08. The van der Waals surface area contributed by atoms with E-state index in [0.29, 0.717) is 5.69 Å².